The van der Waals surface area contributed by atoms with Gasteiger partial charge in [-0.15, -0.1) is 0 Å². The van der Waals surface area contributed by atoms with Crippen molar-refractivity contribution in [3.63, 3.8) is 0 Å². The fraction of sp³-hybridized carbons (Fsp3) is 0.190. The molecule has 2 nitrogen and oxygen atoms in total. The molecule has 0 aliphatic carbocycles. The van der Waals surface area contributed by atoms with Crippen LogP contribution < -0.4 is 0 Å². The number of fused-ring (bicyclic) bond motifs is 1. The zero-order chi connectivity index (χ0) is 16.1. The predicted octanol–water partition coefficient (Wildman–Crippen LogP) is 5.03. The molecule has 0 aromatic heterocycles. The van der Waals surface area contributed by atoms with Gasteiger partial charge in [0.1, 0.15) is 0 Å². The minimum atomic E-state index is -0.742. The number of carboxylic acids is 1. The molecule has 23 heavy (non-hydrogen) atoms. The first-order valence-corrected chi connectivity index (χ1v) is 8.00. The summed E-state index contributed by atoms with van der Waals surface area (Å²) in [5, 5.41) is 12.0. The number of aryl methyl sites for hydroxylation is 1. The Hall–Kier alpha value is -2.61. The first-order chi connectivity index (χ1) is 11.3. The molecule has 3 aromatic rings. The van der Waals surface area contributed by atoms with E-state index < -0.39 is 11.9 Å². The lowest BCUT2D eigenvalue weighted by molar-refractivity contribution is -0.139. The highest BCUT2D eigenvalue weighted by molar-refractivity contribution is 5.85. The average Bonchev–Trinajstić information content (AvgIpc) is 2.59. The number of hydrogen-bond donors (Lipinski definition) is 1. The van der Waals surface area contributed by atoms with Crippen LogP contribution in [0.25, 0.3) is 10.8 Å². The third-order valence-corrected chi connectivity index (χ3v) is 4.32. The largest absolute Gasteiger partial charge is 0.481 e. The Bertz CT molecular complexity index is 788. The zero-order valence-corrected chi connectivity index (χ0v) is 13.0. The van der Waals surface area contributed by atoms with Gasteiger partial charge in [-0.1, -0.05) is 72.8 Å². The molecule has 116 valence electrons. The standard InChI is InChI=1S/C21H20O2/c22-21(23)20(18-8-2-1-3-9-18)15-7-13-17-12-6-11-16-10-4-5-14-19(16)17/h1-6,8-12,14,20H,7,13,15H2,(H,22,23). The van der Waals surface area contributed by atoms with Crippen molar-refractivity contribution in [2.24, 2.45) is 0 Å². The average molecular weight is 304 g/mol. The summed E-state index contributed by atoms with van der Waals surface area (Å²) in [5.41, 5.74) is 2.18. The summed E-state index contributed by atoms with van der Waals surface area (Å²) in [7, 11) is 0. The quantitative estimate of drug-likeness (QED) is 0.693. The summed E-state index contributed by atoms with van der Waals surface area (Å²) in [6.07, 6.45) is 2.42. The predicted molar refractivity (Wildman–Crippen MR) is 93.7 cm³/mol. The monoisotopic (exact) mass is 304 g/mol. The summed E-state index contributed by atoms with van der Waals surface area (Å²) in [5.74, 6) is -1.17. The van der Waals surface area contributed by atoms with E-state index in [9.17, 15) is 9.90 Å². The van der Waals surface area contributed by atoms with Crippen LogP contribution in [0.5, 0.6) is 0 Å². The van der Waals surface area contributed by atoms with Gasteiger partial charge >= 0.3 is 5.97 Å². The summed E-state index contributed by atoms with van der Waals surface area (Å²) >= 11 is 0. The highest BCUT2D eigenvalue weighted by atomic mass is 16.4. The first kappa shape index (κ1) is 15.3. The Balaban J connectivity index is 1.71. The molecule has 1 atom stereocenters. The van der Waals surface area contributed by atoms with Crippen molar-refractivity contribution in [3.05, 3.63) is 83.9 Å². The lowest BCUT2D eigenvalue weighted by Gasteiger charge is -2.13. The smallest absolute Gasteiger partial charge is 0.310 e. The van der Waals surface area contributed by atoms with Gasteiger partial charge in [-0.25, -0.2) is 0 Å². The first-order valence-electron chi connectivity index (χ1n) is 8.00. The van der Waals surface area contributed by atoms with Gasteiger partial charge in [-0.3, -0.25) is 4.79 Å². The van der Waals surface area contributed by atoms with E-state index in [2.05, 4.69) is 36.4 Å². The van der Waals surface area contributed by atoms with Crippen LogP contribution in [0.1, 0.15) is 29.9 Å². The number of aliphatic carboxylic acids is 1. The molecule has 0 heterocycles. The maximum absolute atomic E-state index is 11.6. The van der Waals surface area contributed by atoms with Crippen molar-refractivity contribution >= 4 is 16.7 Å². The second-order valence-corrected chi connectivity index (χ2v) is 5.83. The Morgan fingerprint density at radius 2 is 1.57 bits per heavy atom. The van der Waals surface area contributed by atoms with Gasteiger partial charge in [-0.2, -0.15) is 0 Å². The van der Waals surface area contributed by atoms with Crippen LogP contribution in [0, 0.1) is 0 Å². The molecule has 0 bridgehead atoms. The molecule has 0 spiro atoms. The third kappa shape index (κ3) is 3.59. The van der Waals surface area contributed by atoms with Crippen molar-refractivity contribution < 1.29 is 9.90 Å². The summed E-state index contributed by atoms with van der Waals surface area (Å²) in [6, 6.07) is 24.2. The van der Waals surface area contributed by atoms with Crippen molar-refractivity contribution in [2.45, 2.75) is 25.2 Å². The fourth-order valence-corrected chi connectivity index (χ4v) is 3.13. The van der Waals surface area contributed by atoms with Crippen molar-refractivity contribution in [2.75, 3.05) is 0 Å². The van der Waals surface area contributed by atoms with E-state index in [0.29, 0.717) is 6.42 Å². The van der Waals surface area contributed by atoms with E-state index in [1.165, 1.54) is 16.3 Å². The van der Waals surface area contributed by atoms with Crippen molar-refractivity contribution in [1.29, 1.82) is 0 Å². The Kier molecular flexibility index (Phi) is 4.72. The Morgan fingerprint density at radius 3 is 2.35 bits per heavy atom. The molecular formula is C21H20O2. The highest BCUT2D eigenvalue weighted by Crippen LogP contribution is 2.25. The van der Waals surface area contributed by atoms with E-state index in [0.717, 1.165) is 18.4 Å². The lowest BCUT2D eigenvalue weighted by Crippen LogP contribution is -2.11. The molecular weight excluding hydrogens is 284 g/mol. The molecule has 0 aliphatic rings. The molecule has 3 rings (SSSR count). The van der Waals surface area contributed by atoms with Crippen LogP contribution in [0.2, 0.25) is 0 Å². The van der Waals surface area contributed by atoms with Crippen LogP contribution in [-0.4, -0.2) is 11.1 Å². The maximum Gasteiger partial charge on any atom is 0.310 e. The van der Waals surface area contributed by atoms with Gasteiger partial charge < -0.3 is 5.11 Å². The second kappa shape index (κ2) is 7.10. The van der Waals surface area contributed by atoms with Gasteiger partial charge in [0.15, 0.2) is 0 Å². The molecule has 0 saturated carbocycles. The van der Waals surface area contributed by atoms with Gasteiger partial charge in [0.2, 0.25) is 0 Å². The minimum Gasteiger partial charge on any atom is -0.481 e. The minimum absolute atomic E-state index is 0.425. The third-order valence-electron chi connectivity index (χ3n) is 4.32. The number of benzene rings is 3. The van der Waals surface area contributed by atoms with E-state index in [4.69, 9.17) is 0 Å². The maximum atomic E-state index is 11.6. The summed E-state index contributed by atoms with van der Waals surface area (Å²) < 4.78 is 0. The summed E-state index contributed by atoms with van der Waals surface area (Å²) in [6.45, 7) is 0. The molecule has 0 aliphatic heterocycles. The molecule has 0 saturated heterocycles. The van der Waals surface area contributed by atoms with E-state index in [1.807, 2.05) is 36.4 Å². The van der Waals surface area contributed by atoms with Crippen LogP contribution in [0.3, 0.4) is 0 Å². The number of rotatable bonds is 6. The number of carboxylic acid groups (broad SMARTS) is 1. The zero-order valence-electron chi connectivity index (χ0n) is 13.0. The second-order valence-electron chi connectivity index (χ2n) is 5.83. The Labute approximate surface area is 136 Å². The van der Waals surface area contributed by atoms with Crippen LogP contribution in [-0.2, 0) is 11.2 Å². The van der Waals surface area contributed by atoms with Gasteiger partial charge in [-0.05, 0) is 41.2 Å². The molecule has 1 N–H and O–H groups in total. The SMILES string of the molecule is O=C(O)C(CCCc1cccc2ccccc12)c1ccccc1. The van der Waals surface area contributed by atoms with Crippen LogP contribution >= 0.6 is 0 Å². The van der Waals surface area contributed by atoms with Gasteiger partial charge in [0, 0.05) is 0 Å². The van der Waals surface area contributed by atoms with Gasteiger partial charge in [0.25, 0.3) is 0 Å². The molecule has 1 unspecified atom stereocenters. The van der Waals surface area contributed by atoms with Crippen LogP contribution in [0.15, 0.2) is 72.8 Å². The van der Waals surface area contributed by atoms with E-state index in [-0.39, 0.29) is 0 Å². The Morgan fingerprint density at radius 1 is 0.870 bits per heavy atom. The van der Waals surface area contributed by atoms with E-state index in [1.54, 1.807) is 0 Å². The van der Waals surface area contributed by atoms with Crippen molar-refractivity contribution in [3.8, 4) is 0 Å². The topological polar surface area (TPSA) is 37.3 Å². The van der Waals surface area contributed by atoms with Gasteiger partial charge in [0.05, 0.1) is 5.92 Å². The molecule has 3 aromatic carbocycles. The highest BCUT2D eigenvalue weighted by Gasteiger charge is 2.19. The molecule has 0 amide bonds. The summed E-state index contributed by atoms with van der Waals surface area (Å²) in [4.78, 5) is 11.6. The normalized spacial score (nSPS) is 12.2. The molecule has 0 radical (unpaired) electrons. The fourth-order valence-electron chi connectivity index (χ4n) is 3.13. The lowest BCUT2D eigenvalue weighted by atomic mass is 9.92. The number of carbonyl (C=O) groups is 1. The van der Waals surface area contributed by atoms with E-state index >= 15 is 0 Å². The van der Waals surface area contributed by atoms with Crippen molar-refractivity contribution in [1.82, 2.24) is 0 Å². The molecule has 2 heteroatoms. The van der Waals surface area contributed by atoms with Crippen LogP contribution in [0.4, 0.5) is 0 Å². The molecule has 0 fully saturated rings. The number of hydrogen-bond acceptors (Lipinski definition) is 1.